The normalized spacial score (nSPS) is 16.4. The molecular weight excluding hydrogens is 298 g/mol. The lowest BCUT2D eigenvalue weighted by Crippen LogP contribution is -2.46. The van der Waals surface area contributed by atoms with E-state index >= 15 is 0 Å². The Bertz CT molecular complexity index is 539. The van der Waals surface area contributed by atoms with Crippen molar-refractivity contribution < 1.29 is 19.1 Å². The summed E-state index contributed by atoms with van der Waals surface area (Å²) in [5, 5.41) is 5.37. The van der Waals surface area contributed by atoms with E-state index in [-0.39, 0.29) is 18.4 Å². The number of rotatable bonds is 6. The maximum atomic E-state index is 12.5. The average Bonchev–Trinajstić information content (AvgIpc) is 2.61. The van der Waals surface area contributed by atoms with E-state index < -0.39 is 5.41 Å². The van der Waals surface area contributed by atoms with Gasteiger partial charge in [-0.2, -0.15) is 0 Å². The highest BCUT2D eigenvalue weighted by molar-refractivity contribution is 5.95. The van der Waals surface area contributed by atoms with Gasteiger partial charge in [-0.05, 0) is 37.1 Å². The number of carbonyl (C=O) groups excluding carboxylic acids is 2. The van der Waals surface area contributed by atoms with E-state index in [4.69, 9.17) is 15.2 Å². The first-order valence-electron chi connectivity index (χ1n) is 7.62. The third kappa shape index (κ3) is 4.43. The highest BCUT2D eigenvalue weighted by atomic mass is 16.5. The first kappa shape index (κ1) is 17.2. The molecule has 2 rings (SSSR count). The van der Waals surface area contributed by atoms with Gasteiger partial charge in [-0.15, -0.1) is 0 Å². The van der Waals surface area contributed by atoms with Crippen molar-refractivity contribution in [2.75, 3.05) is 38.7 Å². The molecular formula is C16H23N3O4. The maximum Gasteiger partial charge on any atom is 0.257 e. The molecule has 1 saturated heterocycles. The van der Waals surface area contributed by atoms with Crippen molar-refractivity contribution in [1.82, 2.24) is 5.32 Å². The molecule has 0 aromatic heterocycles. The monoisotopic (exact) mass is 321 g/mol. The number of hydrogen-bond acceptors (Lipinski definition) is 5. The SMILES string of the molecule is CNC(=O)COc1ccc(NC(=O)C2(CN)CCOCC2)cc1. The van der Waals surface area contributed by atoms with Gasteiger partial charge in [0.05, 0.1) is 5.41 Å². The number of likely N-dealkylation sites (N-methyl/N-ethyl adjacent to an activating group) is 1. The zero-order valence-corrected chi connectivity index (χ0v) is 13.3. The minimum absolute atomic E-state index is 0.0432. The fourth-order valence-corrected chi connectivity index (χ4v) is 2.41. The maximum absolute atomic E-state index is 12.5. The largest absolute Gasteiger partial charge is 0.484 e. The average molecular weight is 321 g/mol. The molecule has 0 bridgehead atoms. The number of nitrogens with two attached hydrogens (primary N) is 1. The lowest BCUT2D eigenvalue weighted by Gasteiger charge is -2.34. The third-order valence-electron chi connectivity index (χ3n) is 4.08. The lowest BCUT2D eigenvalue weighted by molar-refractivity contribution is -0.130. The highest BCUT2D eigenvalue weighted by Crippen LogP contribution is 2.31. The number of ether oxygens (including phenoxy) is 2. The molecule has 1 aliphatic heterocycles. The van der Waals surface area contributed by atoms with Crippen LogP contribution in [0.15, 0.2) is 24.3 Å². The molecule has 0 spiro atoms. The fourth-order valence-electron chi connectivity index (χ4n) is 2.41. The summed E-state index contributed by atoms with van der Waals surface area (Å²) < 4.78 is 10.6. The van der Waals surface area contributed by atoms with Crippen molar-refractivity contribution in [3.63, 3.8) is 0 Å². The van der Waals surface area contributed by atoms with E-state index in [1.165, 1.54) is 0 Å². The quantitative estimate of drug-likeness (QED) is 0.708. The second kappa shape index (κ2) is 7.94. The van der Waals surface area contributed by atoms with Gasteiger partial charge < -0.3 is 25.8 Å². The summed E-state index contributed by atoms with van der Waals surface area (Å²) in [5.74, 6) is 0.278. The summed E-state index contributed by atoms with van der Waals surface area (Å²) in [6.07, 6.45) is 1.26. The number of benzene rings is 1. The van der Waals surface area contributed by atoms with Gasteiger partial charge in [0.15, 0.2) is 6.61 Å². The van der Waals surface area contributed by atoms with E-state index in [1.54, 1.807) is 31.3 Å². The molecule has 0 atom stereocenters. The van der Waals surface area contributed by atoms with E-state index in [9.17, 15) is 9.59 Å². The Labute approximate surface area is 135 Å². The van der Waals surface area contributed by atoms with E-state index in [0.29, 0.717) is 44.0 Å². The van der Waals surface area contributed by atoms with Crippen LogP contribution in [0, 0.1) is 5.41 Å². The smallest absolute Gasteiger partial charge is 0.257 e. The predicted molar refractivity (Wildman–Crippen MR) is 86.2 cm³/mol. The topological polar surface area (TPSA) is 103 Å². The molecule has 2 amide bonds. The Hall–Kier alpha value is -2.12. The van der Waals surface area contributed by atoms with Crippen molar-refractivity contribution in [3.8, 4) is 5.75 Å². The minimum Gasteiger partial charge on any atom is -0.484 e. The van der Waals surface area contributed by atoms with Crippen molar-refractivity contribution in [3.05, 3.63) is 24.3 Å². The van der Waals surface area contributed by atoms with Crippen LogP contribution in [0.5, 0.6) is 5.75 Å². The molecule has 23 heavy (non-hydrogen) atoms. The second-order valence-corrected chi connectivity index (χ2v) is 5.54. The van der Waals surface area contributed by atoms with Gasteiger partial charge >= 0.3 is 0 Å². The molecule has 7 heteroatoms. The molecule has 1 aromatic carbocycles. The second-order valence-electron chi connectivity index (χ2n) is 5.54. The molecule has 1 aromatic rings. The van der Waals surface area contributed by atoms with Crippen LogP contribution in [-0.2, 0) is 14.3 Å². The number of nitrogens with one attached hydrogen (secondary N) is 2. The minimum atomic E-state index is -0.563. The van der Waals surface area contributed by atoms with Gasteiger partial charge in [0.25, 0.3) is 5.91 Å². The van der Waals surface area contributed by atoms with Crippen molar-refractivity contribution in [1.29, 1.82) is 0 Å². The summed E-state index contributed by atoms with van der Waals surface area (Å²) >= 11 is 0. The van der Waals surface area contributed by atoms with Gasteiger partial charge in [-0.25, -0.2) is 0 Å². The molecule has 4 N–H and O–H groups in total. The molecule has 0 saturated carbocycles. The molecule has 126 valence electrons. The Kier molecular flexibility index (Phi) is 5.95. The Morgan fingerprint density at radius 2 is 1.91 bits per heavy atom. The van der Waals surface area contributed by atoms with Crippen molar-refractivity contribution >= 4 is 17.5 Å². The third-order valence-corrected chi connectivity index (χ3v) is 4.08. The van der Waals surface area contributed by atoms with Gasteiger partial charge in [-0.1, -0.05) is 0 Å². The van der Waals surface area contributed by atoms with Gasteiger partial charge in [0.2, 0.25) is 5.91 Å². The van der Waals surface area contributed by atoms with Gasteiger partial charge in [-0.3, -0.25) is 9.59 Å². The summed E-state index contributed by atoms with van der Waals surface area (Å²) in [6.45, 7) is 1.36. The van der Waals surface area contributed by atoms with Crippen LogP contribution >= 0.6 is 0 Å². The zero-order chi connectivity index (χ0) is 16.7. The Morgan fingerprint density at radius 1 is 1.26 bits per heavy atom. The van der Waals surface area contributed by atoms with Gasteiger partial charge in [0.1, 0.15) is 5.75 Å². The number of hydrogen-bond donors (Lipinski definition) is 3. The van der Waals surface area contributed by atoms with E-state index in [1.807, 2.05) is 0 Å². The van der Waals surface area contributed by atoms with Crippen LogP contribution in [0.1, 0.15) is 12.8 Å². The Balaban J connectivity index is 1.94. The van der Waals surface area contributed by atoms with Crippen LogP contribution in [0.3, 0.4) is 0 Å². The molecule has 0 radical (unpaired) electrons. The fraction of sp³-hybridized carbons (Fsp3) is 0.500. The summed E-state index contributed by atoms with van der Waals surface area (Å²) in [4.78, 5) is 23.7. The van der Waals surface area contributed by atoms with Crippen LogP contribution in [-0.4, -0.2) is 45.2 Å². The van der Waals surface area contributed by atoms with Gasteiger partial charge in [0, 0.05) is 32.5 Å². The van der Waals surface area contributed by atoms with Crippen LogP contribution in [0.25, 0.3) is 0 Å². The van der Waals surface area contributed by atoms with Crippen molar-refractivity contribution in [2.45, 2.75) is 12.8 Å². The molecule has 0 unspecified atom stereocenters. The Morgan fingerprint density at radius 3 is 2.48 bits per heavy atom. The standard InChI is InChI=1S/C16H23N3O4/c1-18-14(20)10-23-13-4-2-12(3-5-13)19-15(21)16(11-17)6-8-22-9-7-16/h2-5H,6-11,17H2,1H3,(H,18,20)(H,19,21). The number of amides is 2. The molecule has 1 fully saturated rings. The van der Waals surface area contributed by atoms with Crippen molar-refractivity contribution in [2.24, 2.45) is 11.1 Å². The highest BCUT2D eigenvalue weighted by Gasteiger charge is 2.38. The zero-order valence-electron chi connectivity index (χ0n) is 13.3. The molecule has 0 aliphatic carbocycles. The lowest BCUT2D eigenvalue weighted by atomic mass is 9.79. The van der Waals surface area contributed by atoms with Crippen LogP contribution in [0.2, 0.25) is 0 Å². The summed E-state index contributed by atoms with van der Waals surface area (Å²) in [7, 11) is 1.55. The van der Waals surface area contributed by atoms with E-state index in [2.05, 4.69) is 10.6 Å². The number of carbonyl (C=O) groups is 2. The molecule has 1 aliphatic rings. The molecule has 7 nitrogen and oxygen atoms in total. The summed E-state index contributed by atoms with van der Waals surface area (Å²) in [6, 6.07) is 6.89. The van der Waals surface area contributed by atoms with Crippen LogP contribution in [0.4, 0.5) is 5.69 Å². The first-order chi connectivity index (χ1) is 11.1. The first-order valence-corrected chi connectivity index (χ1v) is 7.62. The summed E-state index contributed by atoms with van der Waals surface area (Å²) in [5.41, 5.74) is 5.93. The predicted octanol–water partition coefficient (Wildman–Crippen LogP) is 0.505. The van der Waals surface area contributed by atoms with E-state index in [0.717, 1.165) is 0 Å². The number of anilines is 1. The molecule has 1 heterocycles. The van der Waals surface area contributed by atoms with Crippen LogP contribution < -0.4 is 21.1 Å².